The van der Waals surface area contributed by atoms with Gasteiger partial charge in [0, 0.05) is 10.0 Å². The Balaban J connectivity index is 2.12. The number of nitrogens with one attached hydrogen (secondary N) is 1. The number of rotatable bonds is 5. The van der Waals surface area contributed by atoms with E-state index in [4.69, 9.17) is 4.74 Å². The SMILES string of the molecule is CCOc1ccc(Br)cc1C(=O)NN=Cc1ccccc1F. The fraction of sp³-hybridized carbons (Fsp3) is 0.125. The first-order valence-corrected chi connectivity index (χ1v) is 7.41. The molecule has 2 aromatic rings. The van der Waals surface area contributed by atoms with Gasteiger partial charge in [0.05, 0.1) is 18.4 Å². The quantitative estimate of drug-likeness (QED) is 0.648. The summed E-state index contributed by atoms with van der Waals surface area (Å²) in [5, 5.41) is 3.77. The van der Waals surface area contributed by atoms with E-state index in [0.29, 0.717) is 23.5 Å². The van der Waals surface area contributed by atoms with Gasteiger partial charge in [0.1, 0.15) is 11.6 Å². The summed E-state index contributed by atoms with van der Waals surface area (Å²) in [6.07, 6.45) is 1.26. The van der Waals surface area contributed by atoms with Crippen LogP contribution in [-0.4, -0.2) is 18.7 Å². The topological polar surface area (TPSA) is 50.7 Å². The van der Waals surface area contributed by atoms with Crippen molar-refractivity contribution in [3.8, 4) is 5.75 Å². The lowest BCUT2D eigenvalue weighted by molar-refractivity contribution is 0.0951. The largest absolute Gasteiger partial charge is 0.493 e. The molecule has 1 N–H and O–H groups in total. The highest BCUT2D eigenvalue weighted by Gasteiger charge is 2.12. The molecular weight excluding hydrogens is 351 g/mol. The van der Waals surface area contributed by atoms with Crippen molar-refractivity contribution in [1.82, 2.24) is 5.43 Å². The summed E-state index contributed by atoms with van der Waals surface area (Å²) in [7, 11) is 0. The molecule has 1 amide bonds. The second kappa shape index (κ2) is 7.70. The zero-order valence-corrected chi connectivity index (χ0v) is 13.4. The van der Waals surface area contributed by atoms with Gasteiger partial charge in [0.15, 0.2) is 0 Å². The molecule has 0 saturated heterocycles. The molecule has 0 aliphatic rings. The first-order chi connectivity index (χ1) is 10.6. The molecule has 114 valence electrons. The van der Waals surface area contributed by atoms with Crippen LogP contribution in [0.4, 0.5) is 4.39 Å². The van der Waals surface area contributed by atoms with Gasteiger partial charge in [-0.25, -0.2) is 9.82 Å². The van der Waals surface area contributed by atoms with Gasteiger partial charge in [0.25, 0.3) is 5.91 Å². The van der Waals surface area contributed by atoms with Crippen LogP contribution >= 0.6 is 15.9 Å². The number of hydrogen-bond acceptors (Lipinski definition) is 3. The molecule has 0 unspecified atom stereocenters. The van der Waals surface area contributed by atoms with E-state index in [0.717, 1.165) is 4.47 Å². The third kappa shape index (κ3) is 4.14. The third-order valence-electron chi connectivity index (χ3n) is 2.76. The van der Waals surface area contributed by atoms with E-state index in [1.54, 1.807) is 36.4 Å². The maximum Gasteiger partial charge on any atom is 0.275 e. The molecule has 0 bridgehead atoms. The van der Waals surface area contributed by atoms with Crippen molar-refractivity contribution in [2.24, 2.45) is 5.10 Å². The molecular formula is C16H14BrFN2O2. The predicted molar refractivity (Wildman–Crippen MR) is 86.8 cm³/mol. The average molecular weight is 365 g/mol. The predicted octanol–water partition coefficient (Wildman–Crippen LogP) is 3.75. The van der Waals surface area contributed by atoms with Gasteiger partial charge in [0.2, 0.25) is 0 Å². The van der Waals surface area contributed by atoms with Crippen LogP contribution in [-0.2, 0) is 0 Å². The summed E-state index contributed by atoms with van der Waals surface area (Å²) < 4.78 is 19.6. The summed E-state index contributed by atoms with van der Waals surface area (Å²) in [5.74, 6) is -0.375. The molecule has 0 heterocycles. The molecule has 2 rings (SSSR count). The highest BCUT2D eigenvalue weighted by Crippen LogP contribution is 2.23. The number of ether oxygens (including phenoxy) is 1. The van der Waals surface area contributed by atoms with Gasteiger partial charge >= 0.3 is 0 Å². The summed E-state index contributed by atoms with van der Waals surface area (Å²) in [4.78, 5) is 12.1. The minimum Gasteiger partial charge on any atom is -0.493 e. The van der Waals surface area contributed by atoms with E-state index in [1.807, 2.05) is 6.92 Å². The molecule has 0 saturated carbocycles. The van der Waals surface area contributed by atoms with Crippen LogP contribution in [0.25, 0.3) is 0 Å². The number of nitrogens with zero attached hydrogens (tertiary/aromatic N) is 1. The van der Waals surface area contributed by atoms with Crippen molar-refractivity contribution in [3.63, 3.8) is 0 Å². The molecule has 0 fully saturated rings. The van der Waals surface area contributed by atoms with Crippen molar-refractivity contribution in [2.45, 2.75) is 6.92 Å². The van der Waals surface area contributed by atoms with Crippen LogP contribution in [0.5, 0.6) is 5.75 Å². The zero-order valence-electron chi connectivity index (χ0n) is 11.8. The fourth-order valence-electron chi connectivity index (χ4n) is 1.76. The summed E-state index contributed by atoms with van der Waals surface area (Å²) in [6.45, 7) is 2.28. The first-order valence-electron chi connectivity index (χ1n) is 6.62. The second-order valence-corrected chi connectivity index (χ2v) is 5.21. The van der Waals surface area contributed by atoms with E-state index in [2.05, 4.69) is 26.5 Å². The highest BCUT2D eigenvalue weighted by molar-refractivity contribution is 9.10. The Morgan fingerprint density at radius 2 is 2.14 bits per heavy atom. The molecule has 6 heteroatoms. The Labute approximate surface area is 136 Å². The Morgan fingerprint density at radius 1 is 1.36 bits per heavy atom. The van der Waals surface area contributed by atoms with Crippen LogP contribution in [0, 0.1) is 5.82 Å². The lowest BCUT2D eigenvalue weighted by atomic mass is 10.2. The number of carbonyl (C=O) groups excluding carboxylic acids is 1. The van der Waals surface area contributed by atoms with Crippen molar-refractivity contribution in [2.75, 3.05) is 6.61 Å². The number of carbonyl (C=O) groups is 1. The number of benzene rings is 2. The molecule has 0 aromatic heterocycles. The van der Waals surface area contributed by atoms with Crippen LogP contribution in [0.3, 0.4) is 0 Å². The fourth-order valence-corrected chi connectivity index (χ4v) is 2.12. The van der Waals surface area contributed by atoms with E-state index in [9.17, 15) is 9.18 Å². The lowest BCUT2D eigenvalue weighted by Gasteiger charge is -2.09. The lowest BCUT2D eigenvalue weighted by Crippen LogP contribution is -2.19. The van der Waals surface area contributed by atoms with E-state index in [-0.39, 0.29) is 0 Å². The first kappa shape index (κ1) is 16.2. The molecule has 0 atom stereocenters. The highest BCUT2D eigenvalue weighted by atomic mass is 79.9. The summed E-state index contributed by atoms with van der Waals surface area (Å²) in [5.41, 5.74) is 3.01. The maximum absolute atomic E-state index is 13.4. The van der Waals surface area contributed by atoms with Crippen molar-refractivity contribution >= 4 is 28.1 Å². The molecule has 0 spiro atoms. The monoisotopic (exact) mass is 364 g/mol. The van der Waals surface area contributed by atoms with Gasteiger partial charge in [-0.2, -0.15) is 5.10 Å². The van der Waals surface area contributed by atoms with Gasteiger partial charge < -0.3 is 4.74 Å². The molecule has 2 aromatic carbocycles. The Kier molecular flexibility index (Phi) is 5.66. The smallest absolute Gasteiger partial charge is 0.275 e. The van der Waals surface area contributed by atoms with Crippen molar-refractivity contribution < 1.29 is 13.9 Å². The number of hydrazone groups is 1. The van der Waals surface area contributed by atoms with Crippen LogP contribution in [0.2, 0.25) is 0 Å². The minimum atomic E-state index is -0.433. The van der Waals surface area contributed by atoms with Gasteiger partial charge in [-0.3, -0.25) is 4.79 Å². The molecule has 0 aliphatic heterocycles. The van der Waals surface area contributed by atoms with Gasteiger partial charge in [-0.15, -0.1) is 0 Å². The molecule has 22 heavy (non-hydrogen) atoms. The number of amides is 1. The number of halogens is 2. The van der Waals surface area contributed by atoms with Gasteiger partial charge in [-0.1, -0.05) is 34.1 Å². The van der Waals surface area contributed by atoms with Crippen LogP contribution in [0.1, 0.15) is 22.8 Å². The molecule has 4 nitrogen and oxygen atoms in total. The Morgan fingerprint density at radius 3 is 2.86 bits per heavy atom. The third-order valence-corrected chi connectivity index (χ3v) is 3.25. The van der Waals surface area contributed by atoms with Crippen molar-refractivity contribution in [3.05, 3.63) is 63.9 Å². The van der Waals surface area contributed by atoms with E-state index >= 15 is 0 Å². The summed E-state index contributed by atoms with van der Waals surface area (Å²) in [6, 6.07) is 11.3. The Hall–Kier alpha value is -2.21. The Bertz CT molecular complexity index is 704. The van der Waals surface area contributed by atoms with Crippen LogP contribution < -0.4 is 10.2 Å². The summed E-state index contributed by atoms with van der Waals surface area (Å²) >= 11 is 3.31. The maximum atomic E-state index is 13.4. The minimum absolute atomic E-state index is 0.294. The zero-order chi connectivity index (χ0) is 15.9. The second-order valence-electron chi connectivity index (χ2n) is 4.29. The average Bonchev–Trinajstić information content (AvgIpc) is 2.51. The molecule has 0 aliphatic carbocycles. The van der Waals surface area contributed by atoms with Gasteiger partial charge in [-0.05, 0) is 31.2 Å². The molecule has 0 radical (unpaired) electrons. The normalized spacial score (nSPS) is 10.7. The van der Waals surface area contributed by atoms with Crippen molar-refractivity contribution in [1.29, 1.82) is 0 Å². The number of hydrogen-bond donors (Lipinski definition) is 1. The standard InChI is InChI=1S/C16H14BrFN2O2/c1-2-22-15-8-7-12(17)9-13(15)16(21)20-19-10-11-5-3-4-6-14(11)18/h3-10H,2H2,1H3,(H,20,21). The van der Waals surface area contributed by atoms with Crippen LogP contribution in [0.15, 0.2) is 52.0 Å². The van der Waals surface area contributed by atoms with E-state index < -0.39 is 11.7 Å². The van der Waals surface area contributed by atoms with E-state index in [1.165, 1.54) is 12.3 Å².